The standard InChI is InChI=1S/C19H24N2O2/c1-14-9-7-8-12-16(14)13-17-18(15-10-5-4-6-11-15)19(20(2)22)23-21(17)3/h4-12,17-19,22H,13H2,1-3H3. The number of hydrogen-bond acceptors (Lipinski definition) is 4. The maximum absolute atomic E-state index is 10.0. The van der Waals surface area contributed by atoms with Gasteiger partial charge in [-0.25, -0.2) is 0 Å². The highest BCUT2D eigenvalue weighted by Gasteiger charge is 2.44. The molecule has 3 unspecified atom stereocenters. The summed E-state index contributed by atoms with van der Waals surface area (Å²) < 4.78 is 0. The molecule has 0 aliphatic carbocycles. The van der Waals surface area contributed by atoms with Crippen molar-refractivity contribution < 1.29 is 10.0 Å². The molecule has 1 fully saturated rings. The zero-order chi connectivity index (χ0) is 16.4. The molecule has 0 aromatic heterocycles. The third-order valence-corrected chi connectivity index (χ3v) is 4.71. The lowest BCUT2D eigenvalue weighted by Gasteiger charge is -2.26. The van der Waals surface area contributed by atoms with Crippen LogP contribution in [0, 0.1) is 6.92 Å². The normalized spacial score (nSPS) is 25.2. The molecule has 0 spiro atoms. The molecular formula is C19H24N2O2. The second-order valence-corrected chi connectivity index (χ2v) is 6.25. The highest BCUT2D eigenvalue weighted by atomic mass is 16.7. The first kappa shape index (κ1) is 16.1. The summed E-state index contributed by atoms with van der Waals surface area (Å²) in [6, 6.07) is 18.9. The molecule has 1 saturated heterocycles. The van der Waals surface area contributed by atoms with Crippen LogP contribution in [0.15, 0.2) is 54.6 Å². The molecule has 3 rings (SSSR count). The molecule has 0 bridgehead atoms. The van der Waals surface area contributed by atoms with Crippen molar-refractivity contribution in [3.63, 3.8) is 0 Å². The van der Waals surface area contributed by atoms with E-state index in [1.165, 1.54) is 21.8 Å². The molecule has 0 saturated carbocycles. The second-order valence-electron chi connectivity index (χ2n) is 6.25. The summed E-state index contributed by atoms with van der Waals surface area (Å²) in [6.45, 7) is 2.14. The van der Waals surface area contributed by atoms with Crippen molar-refractivity contribution in [3.8, 4) is 0 Å². The lowest BCUT2D eigenvalue weighted by atomic mass is 9.86. The minimum absolute atomic E-state index is 0.0795. The van der Waals surface area contributed by atoms with E-state index in [0.717, 1.165) is 6.42 Å². The number of nitrogens with zero attached hydrogens (tertiary/aromatic N) is 2. The Morgan fingerprint density at radius 1 is 1.09 bits per heavy atom. The van der Waals surface area contributed by atoms with E-state index in [-0.39, 0.29) is 18.2 Å². The van der Waals surface area contributed by atoms with Crippen LogP contribution in [0.1, 0.15) is 22.6 Å². The number of hydroxylamine groups is 4. The van der Waals surface area contributed by atoms with Crippen molar-refractivity contribution in [2.75, 3.05) is 14.1 Å². The van der Waals surface area contributed by atoms with Crippen molar-refractivity contribution >= 4 is 0 Å². The highest BCUT2D eigenvalue weighted by Crippen LogP contribution is 2.37. The van der Waals surface area contributed by atoms with Crippen molar-refractivity contribution in [1.29, 1.82) is 0 Å². The molecule has 3 atom stereocenters. The molecule has 4 nitrogen and oxygen atoms in total. The van der Waals surface area contributed by atoms with Gasteiger partial charge in [0.2, 0.25) is 0 Å². The zero-order valence-corrected chi connectivity index (χ0v) is 13.9. The maximum Gasteiger partial charge on any atom is 0.162 e. The predicted octanol–water partition coefficient (Wildman–Crippen LogP) is 3.21. The van der Waals surface area contributed by atoms with E-state index in [1.807, 2.05) is 30.3 Å². The average Bonchev–Trinajstić information content (AvgIpc) is 2.87. The Labute approximate surface area is 137 Å². The van der Waals surface area contributed by atoms with Gasteiger partial charge in [-0.15, -0.1) is 0 Å². The van der Waals surface area contributed by atoms with Crippen LogP contribution in [-0.4, -0.2) is 41.7 Å². The van der Waals surface area contributed by atoms with E-state index in [1.54, 1.807) is 7.05 Å². The Hall–Kier alpha value is -1.72. The fourth-order valence-electron chi connectivity index (χ4n) is 3.41. The van der Waals surface area contributed by atoms with Crippen molar-refractivity contribution in [2.24, 2.45) is 0 Å². The minimum Gasteiger partial charge on any atom is -0.312 e. The topological polar surface area (TPSA) is 35.9 Å². The maximum atomic E-state index is 10.0. The molecule has 1 heterocycles. The number of rotatable bonds is 4. The Bertz CT molecular complexity index is 645. The fourth-order valence-corrected chi connectivity index (χ4v) is 3.41. The number of aryl methyl sites for hydroxylation is 1. The molecular weight excluding hydrogens is 288 g/mol. The Kier molecular flexibility index (Phi) is 4.78. The van der Waals surface area contributed by atoms with Gasteiger partial charge in [0.25, 0.3) is 0 Å². The summed E-state index contributed by atoms with van der Waals surface area (Å²) in [5, 5.41) is 13.1. The molecule has 23 heavy (non-hydrogen) atoms. The zero-order valence-electron chi connectivity index (χ0n) is 13.9. The highest BCUT2D eigenvalue weighted by molar-refractivity contribution is 5.29. The van der Waals surface area contributed by atoms with E-state index in [9.17, 15) is 5.21 Å². The minimum atomic E-state index is -0.378. The third-order valence-electron chi connectivity index (χ3n) is 4.71. The van der Waals surface area contributed by atoms with Gasteiger partial charge < -0.3 is 5.21 Å². The van der Waals surface area contributed by atoms with Crippen LogP contribution >= 0.6 is 0 Å². The largest absolute Gasteiger partial charge is 0.312 e. The first-order valence-electron chi connectivity index (χ1n) is 7.98. The van der Waals surface area contributed by atoms with Gasteiger partial charge in [0.05, 0.1) is 0 Å². The Morgan fingerprint density at radius 3 is 2.39 bits per heavy atom. The smallest absolute Gasteiger partial charge is 0.162 e. The summed E-state index contributed by atoms with van der Waals surface area (Å²) in [7, 11) is 3.59. The molecule has 2 aromatic carbocycles. The summed E-state index contributed by atoms with van der Waals surface area (Å²) >= 11 is 0. The van der Waals surface area contributed by atoms with Gasteiger partial charge in [-0.3, -0.25) is 4.84 Å². The van der Waals surface area contributed by atoms with Crippen LogP contribution in [0.5, 0.6) is 0 Å². The summed E-state index contributed by atoms with van der Waals surface area (Å²) in [6.07, 6.45) is 0.504. The van der Waals surface area contributed by atoms with Crippen molar-refractivity contribution in [3.05, 3.63) is 71.3 Å². The first-order valence-corrected chi connectivity index (χ1v) is 7.98. The van der Waals surface area contributed by atoms with Gasteiger partial charge >= 0.3 is 0 Å². The van der Waals surface area contributed by atoms with Gasteiger partial charge in [-0.1, -0.05) is 54.6 Å². The van der Waals surface area contributed by atoms with E-state index in [4.69, 9.17) is 4.84 Å². The number of hydrogen-bond donors (Lipinski definition) is 1. The molecule has 1 aliphatic rings. The van der Waals surface area contributed by atoms with E-state index >= 15 is 0 Å². The summed E-state index contributed by atoms with van der Waals surface area (Å²) in [4.78, 5) is 5.92. The SMILES string of the molecule is Cc1ccccc1CC1C(c2ccccc2)C(N(C)O)ON1C. The second kappa shape index (κ2) is 6.81. The molecule has 2 aromatic rings. The molecule has 122 valence electrons. The first-order chi connectivity index (χ1) is 11.1. The van der Waals surface area contributed by atoms with Gasteiger partial charge in [0, 0.05) is 26.1 Å². The van der Waals surface area contributed by atoms with E-state index in [2.05, 4.69) is 43.3 Å². The fraction of sp³-hybridized carbons (Fsp3) is 0.368. The lowest BCUT2D eigenvalue weighted by molar-refractivity contribution is -0.254. The quantitative estimate of drug-likeness (QED) is 0.880. The predicted molar refractivity (Wildman–Crippen MR) is 90.0 cm³/mol. The van der Waals surface area contributed by atoms with Crippen LogP contribution in [0.3, 0.4) is 0 Å². The number of benzene rings is 2. The van der Waals surface area contributed by atoms with Gasteiger partial charge in [0.15, 0.2) is 6.23 Å². The van der Waals surface area contributed by atoms with Crippen LogP contribution < -0.4 is 0 Å². The molecule has 1 N–H and O–H groups in total. The Balaban J connectivity index is 1.94. The van der Waals surface area contributed by atoms with Crippen LogP contribution in [0.2, 0.25) is 0 Å². The molecule has 4 heteroatoms. The average molecular weight is 312 g/mol. The molecule has 0 amide bonds. The summed E-state index contributed by atoms with van der Waals surface area (Å²) in [5.74, 6) is 0.0795. The third kappa shape index (κ3) is 3.31. The van der Waals surface area contributed by atoms with Gasteiger partial charge in [-0.05, 0) is 30.0 Å². The van der Waals surface area contributed by atoms with Gasteiger partial charge in [-0.2, -0.15) is 10.1 Å². The number of likely N-dealkylation sites (N-methyl/N-ethyl adjacent to an activating group) is 2. The molecule has 1 aliphatic heterocycles. The van der Waals surface area contributed by atoms with Crippen LogP contribution in [0.4, 0.5) is 0 Å². The van der Waals surface area contributed by atoms with Crippen molar-refractivity contribution in [1.82, 2.24) is 10.1 Å². The van der Waals surface area contributed by atoms with E-state index < -0.39 is 0 Å². The van der Waals surface area contributed by atoms with Crippen LogP contribution in [-0.2, 0) is 11.3 Å². The van der Waals surface area contributed by atoms with Crippen LogP contribution in [0.25, 0.3) is 0 Å². The summed E-state index contributed by atoms with van der Waals surface area (Å²) in [5.41, 5.74) is 3.78. The van der Waals surface area contributed by atoms with Crippen molar-refractivity contribution in [2.45, 2.75) is 31.5 Å². The lowest BCUT2D eigenvalue weighted by Crippen LogP contribution is -2.35. The molecule has 0 radical (unpaired) electrons. The Morgan fingerprint density at radius 2 is 1.74 bits per heavy atom. The monoisotopic (exact) mass is 312 g/mol. The van der Waals surface area contributed by atoms with E-state index in [0.29, 0.717) is 0 Å². The van der Waals surface area contributed by atoms with Gasteiger partial charge in [0.1, 0.15) is 0 Å².